The lowest BCUT2D eigenvalue weighted by Gasteiger charge is -2.14. The van der Waals surface area contributed by atoms with Gasteiger partial charge in [-0.2, -0.15) is 0 Å². The number of unbranched alkanes of at least 4 members (excludes halogenated alkanes) is 1. The van der Waals surface area contributed by atoms with E-state index in [0.717, 1.165) is 30.8 Å². The maximum atomic E-state index is 5.61. The molecule has 0 saturated heterocycles. The van der Waals surface area contributed by atoms with Crippen molar-refractivity contribution in [1.29, 1.82) is 0 Å². The number of anilines is 2. The zero-order valence-corrected chi connectivity index (χ0v) is 9.37. The van der Waals surface area contributed by atoms with Crippen LogP contribution in [-0.4, -0.2) is 12.6 Å². The normalized spacial score (nSPS) is 12.4. The molecule has 1 rings (SSSR count). The number of hydrogen-bond acceptors (Lipinski definition) is 3. The van der Waals surface area contributed by atoms with E-state index in [-0.39, 0.29) is 0 Å². The van der Waals surface area contributed by atoms with Crippen LogP contribution in [0.2, 0.25) is 0 Å². The third-order valence-corrected chi connectivity index (χ3v) is 2.42. The summed E-state index contributed by atoms with van der Waals surface area (Å²) in [5.41, 5.74) is 13.0. The van der Waals surface area contributed by atoms with Crippen molar-refractivity contribution in [2.24, 2.45) is 5.73 Å². The summed E-state index contributed by atoms with van der Waals surface area (Å²) in [7, 11) is 0. The quantitative estimate of drug-likeness (QED) is 0.495. The first kappa shape index (κ1) is 11.9. The van der Waals surface area contributed by atoms with Crippen LogP contribution in [0.15, 0.2) is 24.3 Å². The third-order valence-electron chi connectivity index (χ3n) is 2.42. The van der Waals surface area contributed by atoms with Gasteiger partial charge in [-0.15, -0.1) is 0 Å². The van der Waals surface area contributed by atoms with Gasteiger partial charge in [0.2, 0.25) is 0 Å². The van der Waals surface area contributed by atoms with Crippen molar-refractivity contribution in [2.75, 3.05) is 17.6 Å². The van der Waals surface area contributed by atoms with Gasteiger partial charge in [-0.1, -0.05) is 6.42 Å². The van der Waals surface area contributed by atoms with Crippen molar-refractivity contribution >= 4 is 11.4 Å². The van der Waals surface area contributed by atoms with E-state index in [1.807, 2.05) is 24.3 Å². The molecule has 0 fully saturated rings. The molecule has 0 aliphatic rings. The fourth-order valence-corrected chi connectivity index (χ4v) is 1.53. The highest BCUT2D eigenvalue weighted by Crippen LogP contribution is 2.13. The van der Waals surface area contributed by atoms with Crippen molar-refractivity contribution in [2.45, 2.75) is 32.2 Å². The third kappa shape index (κ3) is 4.70. The van der Waals surface area contributed by atoms with E-state index in [9.17, 15) is 0 Å². The molecule has 0 amide bonds. The minimum absolute atomic E-state index is 0.486. The molecule has 0 bridgehead atoms. The van der Waals surface area contributed by atoms with E-state index in [1.54, 1.807) is 0 Å². The van der Waals surface area contributed by atoms with Crippen molar-refractivity contribution in [3.63, 3.8) is 0 Å². The Bertz CT molecular complexity index is 269. The zero-order chi connectivity index (χ0) is 11.1. The topological polar surface area (TPSA) is 64.1 Å². The van der Waals surface area contributed by atoms with Crippen LogP contribution in [0.1, 0.15) is 26.2 Å². The Kier molecular flexibility index (Phi) is 4.98. The van der Waals surface area contributed by atoms with Crippen molar-refractivity contribution in [3.8, 4) is 0 Å². The van der Waals surface area contributed by atoms with Gasteiger partial charge in [-0.25, -0.2) is 0 Å². The van der Waals surface area contributed by atoms with Crippen LogP contribution >= 0.6 is 0 Å². The Morgan fingerprint density at radius 1 is 1.20 bits per heavy atom. The molecule has 0 spiro atoms. The maximum absolute atomic E-state index is 5.61. The van der Waals surface area contributed by atoms with Crippen molar-refractivity contribution in [1.82, 2.24) is 0 Å². The second kappa shape index (κ2) is 6.30. The molecule has 1 aromatic rings. The van der Waals surface area contributed by atoms with E-state index < -0.39 is 0 Å². The van der Waals surface area contributed by atoms with Crippen LogP contribution in [0.4, 0.5) is 11.4 Å². The zero-order valence-electron chi connectivity index (χ0n) is 9.37. The van der Waals surface area contributed by atoms with Crippen LogP contribution in [0.5, 0.6) is 0 Å². The van der Waals surface area contributed by atoms with Crippen molar-refractivity contribution in [3.05, 3.63) is 24.3 Å². The standard InChI is InChI=1S/C12H21N3/c1-10(4-2-3-9-13)15-12-7-5-11(14)6-8-12/h5-8,10,15H,2-4,9,13-14H2,1H3/t10-/m0/s1. The number of rotatable bonds is 6. The highest BCUT2D eigenvalue weighted by Gasteiger charge is 2.00. The summed E-state index contributed by atoms with van der Waals surface area (Å²) in [4.78, 5) is 0. The first-order valence-electron chi connectivity index (χ1n) is 5.54. The highest BCUT2D eigenvalue weighted by molar-refractivity contribution is 5.51. The van der Waals surface area contributed by atoms with Crippen LogP contribution in [0.3, 0.4) is 0 Å². The lowest BCUT2D eigenvalue weighted by atomic mass is 10.1. The van der Waals surface area contributed by atoms with E-state index in [2.05, 4.69) is 12.2 Å². The molecule has 0 heterocycles. The number of benzene rings is 1. The molecule has 0 radical (unpaired) electrons. The number of nitrogen functional groups attached to an aromatic ring is 1. The van der Waals surface area contributed by atoms with E-state index >= 15 is 0 Å². The van der Waals surface area contributed by atoms with E-state index in [0.29, 0.717) is 6.04 Å². The van der Waals surface area contributed by atoms with Crippen LogP contribution < -0.4 is 16.8 Å². The van der Waals surface area contributed by atoms with Gasteiger partial charge >= 0.3 is 0 Å². The van der Waals surface area contributed by atoms with E-state index in [1.165, 1.54) is 6.42 Å². The molecule has 1 aromatic carbocycles. The molecular formula is C12H21N3. The molecule has 1 atom stereocenters. The predicted molar refractivity (Wildman–Crippen MR) is 66.8 cm³/mol. The molecular weight excluding hydrogens is 186 g/mol. The molecule has 84 valence electrons. The fraction of sp³-hybridized carbons (Fsp3) is 0.500. The molecule has 0 aliphatic carbocycles. The molecule has 3 nitrogen and oxygen atoms in total. The fourth-order valence-electron chi connectivity index (χ4n) is 1.53. The van der Waals surface area contributed by atoms with Gasteiger partial charge in [0.25, 0.3) is 0 Å². The van der Waals surface area contributed by atoms with Gasteiger partial charge in [-0.3, -0.25) is 0 Å². The summed E-state index contributed by atoms with van der Waals surface area (Å²) < 4.78 is 0. The number of nitrogens with two attached hydrogens (primary N) is 2. The first-order chi connectivity index (χ1) is 7.22. The summed E-state index contributed by atoms with van der Waals surface area (Å²) in [5, 5.41) is 3.43. The molecule has 5 N–H and O–H groups in total. The number of nitrogens with one attached hydrogen (secondary N) is 1. The summed E-state index contributed by atoms with van der Waals surface area (Å²) >= 11 is 0. The summed E-state index contributed by atoms with van der Waals surface area (Å²) in [5.74, 6) is 0. The minimum atomic E-state index is 0.486. The van der Waals surface area contributed by atoms with Crippen LogP contribution in [0.25, 0.3) is 0 Å². The lowest BCUT2D eigenvalue weighted by Crippen LogP contribution is -2.15. The predicted octanol–water partition coefficient (Wildman–Crippen LogP) is 2.20. The van der Waals surface area contributed by atoms with Gasteiger partial charge in [0.15, 0.2) is 0 Å². The van der Waals surface area contributed by atoms with E-state index in [4.69, 9.17) is 11.5 Å². The first-order valence-corrected chi connectivity index (χ1v) is 5.54. The maximum Gasteiger partial charge on any atom is 0.0343 e. The van der Waals surface area contributed by atoms with Gasteiger partial charge in [0.1, 0.15) is 0 Å². The summed E-state index contributed by atoms with van der Waals surface area (Å²) in [6, 6.07) is 8.33. The lowest BCUT2D eigenvalue weighted by molar-refractivity contribution is 0.628. The Labute approximate surface area is 91.9 Å². The number of hydrogen-bond donors (Lipinski definition) is 3. The average molecular weight is 207 g/mol. The van der Waals surface area contributed by atoms with Crippen LogP contribution in [-0.2, 0) is 0 Å². The van der Waals surface area contributed by atoms with Gasteiger partial charge in [0.05, 0.1) is 0 Å². The summed E-state index contributed by atoms with van der Waals surface area (Å²) in [6.07, 6.45) is 3.44. The van der Waals surface area contributed by atoms with Crippen molar-refractivity contribution < 1.29 is 0 Å². The average Bonchev–Trinajstić information content (AvgIpc) is 2.22. The Morgan fingerprint density at radius 3 is 2.47 bits per heavy atom. The molecule has 15 heavy (non-hydrogen) atoms. The van der Waals surface area contributed by atoms with Gasteiger partial charge in [-0.05, 0) is 50.6 Å². The summed E-state index contributed by atoms with van der Waals surface area (Å²) in [6.45, 7) is 2.97. The SMILES string of the molecule is C[C@@H](CCCCN)Nc1ccc(N)cc1. The molecule has 3 heteroatoms. The molecule has 0 unspecified atom stereocenters. The van der Waals surface area contributed by atoms with Crippen LogP contribution in [0, 0.1) is 0 Å². The molecule has 0 aliphatic heterocycles. The monoisotopic (exact) mass is 207 g/mol. The Balaban J connectivity index is 2.31. The Morgan fingerprint density at radius 2 is 1.87 bits per heavy atom. The molecule has 0 saturated carbocycles. The second-order valence-electron chi connectivity index (χ2n) is 3.95. The molecule has 0 aromatic heterocycles. The smallest absolute Gasteiger partial charge is 0.0343 e. The largest absolute Gasteiger partial charge is 0.399 e. The Hall–Kier alpha value is -1.22. The van der Waals surface area contributed by atoms with Gasteiger partial charge in [0, 0.05) is 17.4 Å². The minimum Gasteiger partial charge on any atom is -0.399 e. The van der Waals surface area contributed by atoms with Gasteiger partial charge < -0.3 is 16.8 Å². The second-order valence-corrected chi connectivity index (χ2v) is 3.95. The highest BCUT2D eigenvalue weighted by atomic mass is 14.9.